The number of benzene rings is 1. The fourth-order valence-corrected chi connectivity index (χ4v) is 6.04. The minimum Gasteiger partial charge on any atom is -0.497 e. The maximum absolute atomic E-state index is 12.9. The molecule has 1 amide bonds. The second-order valence-electron chi connectivity index (χ2n) is 8.21. The van der Waals surface area contributed by atoms with Crippen LogP contribution in [0, 0.1) is 0 Å². The van der Waals surface area contributed by atoms with Gasteiger partial charge in [-0.05, 0) is 61.1 Å². The average Bonchev–Trinajstić information content (AvgIpc) is 3.50. The quantitative estimate of drug-likeness (QED) is 0.576. The van der Waals surface area contributed by atoms with Gasteiger partial charge in [0.1, 0.15) is 10.8 Å². The number of hydrogen-bond acceptors (Lipinski definition) is 6. The van der Waals surface area contributed by atoms with Crippen molar-refractivity contribution in [1.82, 2.24) is 4.90 Å². The summed E-state index contributed by atoms with van der Waals surface area (Å²) in [6.45, 7) is 3.14. The third kappa shape index (κ3) is 4.20. The van der Waals surface area contributed by atoms with Gasteiger partial charge in [0.05, 0.1) is 32.6 Å². The van der Waals surface area contributed by atoms with Crippen LogP contribution in [0.1, 0.15) is 51.0 Å². The molecule has 1 aliphatic heterocycles. The highest BCUT2D eigenvalue weighted by atomic mass is 32.1. The van der Waals surface area contributed by atoms with Crippen LogP contribution in [0.5, 0.6) is 5.75 Å². The molecule has 0 saturated carbocycles. The Morgan fingerprint density at radius 2 is 1.91 bits per heavy atom. The van der Waals surface area contributed by atoms with E-state index in [1.165, 1.54) is 40.7 Å². The molecule has 0 bridgehead atoms. The molecule has 1 aliphatic carbocycles. The number of methoxy groups -OCH3 is 1. The highest BCUT2D eigenvalue weighted by molar-refractivity contribution is 7.16. The molecule has 1 fully saturated rings. The molecule has 1 atom stereocenters. The van der Waals surface area contributed by atoms with Crippen molar-refractivity contribution < 1.29 is 18.7 Å². The molecule has 168 valence electrons. The van der Waals surface area contributed by atoms with Crippen LogP contribution in [-0.2, 0) is 17.6 Å². The topological polar surface area (TPSA) is 63.9 Å². The summed E-state index contributed by atoms with van der Waals surface area (Å²) in [5.41, 5.74) is 3.84. The largest absolute Gasteiger partial charge is 0.497 e. The lowest BCUT2D eigenvalue weighted by Gasteiger charge is -2.36. The van der Waals surface area contributed by atoms with Gasteiger partial charge in [-0.15, -0.1) is 11.3 Å². The van der Waals surface area contributed by atoms with Crippen LogP contribution < -0.4 is 10.1 Å². The van der Waals surface area contributed by atoms with Crippen molar-refractivity contribution >= 4 is 22.2 Å². The molecule has 0 spiro atoms. The zero-order valence-corrected chi connectivity index (χ0v) is 19.1. The average molecular weight is 453 g/mol. The fourth-order valence-electron chi connectivity index (χ4n) is 4.73. The van der Waals surface area contributed by atoms with E-state index in [9.17, 15) is 4.79 Å². The molecule has 1 aromatic carbocycles. The monoisotopic (exact) mass is 452 g/mol. The van der Waals surface area contributed by atoms with Crippen LogP contribution in [0.3, 0.4) is 0 Å². The lowest BCUT2D eigenvalue weighted by atomic mass is 9.88. The van der Waals surface area contributed by atoms with Crippen LogP contribution in [-0.4, -0.2) is 44.2 Å². The molecule has 6 nitrogen and oxygen atoms in total. The van der Waals surface area contributed by atoms with Gasteiger partial charge in [0.2, 0.25) is 0 Å². The second-order valence-corrected chi connectivity index (χ2v) is 9.31. The van der Waals surface area contributed by atoms with Crippen LogP contribution in [0.25, 0.3) is 0 Å². The third-order valence-electron chi connectivity index (χ3n) is 6.30. The van der Waals surface area contributed by atoms with Gasteiger partial charge in [-0.25, -0.2) is 0 Å². The first kappa shape index (κ1) is 21.2. The van der Waals surface area contributed by atoms with Crippen LogP contribution in [0.2, 0.25) is 0 Å². The van der Waals surface area contributed by atoms with Crippen LogP contribution >= 0.6 is 11.3 Å². The molecule has 0 unspecified atom stereocenters. The first-order valence-electron chi connectivity index (χ1n) is 11.2. The highest BCUT2D eigenvalue weighted by Crippen LogP contribution is 2.46. The molecule has 0 radical (unpaired) electrons. The number of ether oxygens (including phenoxy) is 2. The Hall–Kier alpha value is -2.61. The van der Waals surface area contributed by atoms with E-state index in [4.69, 9.17) is 13.9 Å². The van der Waals surface area contributed by atoms with E-state index in [1.54, 1.807) is 30.6 Å². The van der Waals surface area contributed by atoms with E-state index in [0.29, 0.717) is 19.0 Å². The molecule has 32 heavy (non-hydrogen) atoms. The van der Waals surface area contributed by atoms with Crippen molar-refractivity contribution in [3.8, 4) is 5.75 Å². The molecule has 1 saturated heterocycles. The Bertz CT molecular complexity index is 1050. The zero-order chi connectivity index (χ0) is 21.9. The van der Waals surface area contributed by atoms with E-state index in [-0.39, 0.29) is 11.9 Å². The fraction of sp³-hybridized carbons (Fsp3) is 0.400. The number of carbonyl (C=O) groups excluding carboxylic acids is 1. The molecular weight excluding hydrogens is 424 g/mol. The van der Waals surface area contributed by atoms with E-state index in [2.05, 4.69) is 22.3 Å². The lowest BCUT2D eigenvalue weighted by molar-refractivity contribution is 0.0239. The number of aryl methyl sites for hydroxylation is 1. The number of carbonyl (C=O) groups is 1. The minimum atomic E-state index is -0.203. The number of nitrogens with zero attached hydrogens (tertiary/aromatic N) is 1. The standard InChI is InChI=1S/C25H28N2O4S/c1-29-18-10-8-17(9-11-18)23(27-12-15-30-16-13-27)22-19-5-2-3-7-21(19)32-25(22)26-24(28)20-6-4-14-31-20/h4,6,8-11,14,23H,2-3,5,7,12-13,15-16H2,1H3,(H,26,28)/t23-/m1/s1. The molecule has 5 rings (SSSR count). The summed E-state index contributed by atoms with van der Waals surface area (Å²) in [4.78, 5) is 16.8. The van der Waals surface area contributed by atoms with Gasteiger partial charge in [0.25, 0.3) is 5.91 Å². The molecular formula is C25H28N2O4S. The Labute approximate surface area is 192 Å². The summed E-state index contributed by atoms with van der Waals surface area (Å²) in [6, 6.07) is 11.8. The summed E-state index contributed by atoms with van der Waals surface area (Å²) in [5, 5.41) is 4.12. The van der Waals surface area contributed by atoms with Gasteiger partial charge < -0.3 is 19.2 Å². The highest BCUT2D eigenvalue weighted by Gasteiger charge is 2.33. The number of morpholine rings is 1. The normalized spacial score (nSPS) is 17.5. The predicted molar refractivity (Wildman–Crippen MR) is 125 cm³/mol. The molecule has 3 heterocycles. The van der Waals surface area contributed by atoms with Crippen LogP contribution in [0.15, 0.2) is 47.1 Å². The summed E-state index contributed by atoms with van der Waals surface area (Å²) < 4.78 is 16.4. The maximum Gasteiger partial charge on any atom is 0.291 e. The molecule has 3 aromatic rings. The van der Waals surface area contributed by atoms with E-state index in [0.717, 1.165) is 36.7 Å². The Morgan fingerprint density at radius 3 is 2.62 bits per heavy atom. The smallest absolute Gasteiger partial charge is 0.291 e. The van der Waals surface area contributed by atoms with Gasteiger partial charge in [-0.1, -0.05) is 12.1 Å². The van der Waals surface area contributed by atoms with Gasteiger partial charge in [-0.2, -0.15) is 0 Å². The molecule has 2 aromatic heterocycles. The molecule has 2 aliphatic rings. The minimum absolute atomic E-state index is 0.0507. The van der Waals surface area contributed by atoms with Crippen molar-refractivity contribution in [2.24, 2.45) is 0 Å². The van der Waals surface area contributed by atoms with Gasteiger partial charge >= 0.3 is 0 Å². The van der Waals surface area contributed by atoms with E-state index >= 15 is 0 Å². The molecule has 7 heteroatoms. The first-order valence-corrected chi connectivity index (χ1v) is 12.0. The Kier molecular flexibility index (Phi) is 6.30. The van der Waals surface area contributed by atoms with Gasteiger partial charge in [0, 0.05) is 23.5 Å². The van der Waals surface area contributed by atoms with Crippen molar-refractivity contribution in [3.05, 3.63) is 70.0 Å². The number of anilines is 1. The number of fused-ring (bicyclic) bond motifs is 1. The van der Waals surface area contributed by atoms with Gasteiger partial charge in [-0.3, -0.25) is 9.69 Å². The summed E-state index contributed by atoms with van der Waals surface area (Å²) in [5.74, 6) is 0.966. The van der Waals surface area contributed by atoms with Crippen molar-refractivity contribution in [2.45, 2.75) is 31.7 Å². The van der Waals surface area contributed by atoms with Gasteiger partial charge in [0.15, 0.2) is 5.76 Å². The third-order valence-corrected chi connectivity index (χ3v) is 7.52. The number of hydrogen-bond donors (Lipinski definition) is 1. The van der Waals surface area contributed by atoms with Crippen molar-refractivity contribution in [3.63, 3.8) is 0 Å². The number of thiophene rings is 1. The summed E-state index contributed by atoms with van der Waals surface area (Å²) in [6.07, 6.45) is 6.03. The predicted octanol–water partition coefficient (Wildman–Crippen LogP) is 4.90. The molecule has 1 N–H and O–H groups in total. The van der Waals surface area contributed by atoms with Crippen molar-refractivity contribution in [2.75, 3.05) is 38.7 Å². The van der Waals surface area contributed by atoms with E-state index < -0.39 is 0 Å². The summed E-state index contributed by atoms with van der Waals surface area (Å²) >= 11 is 1.73. The van der Waals surface area contributed by atoms with Crippen molar-refractivity contribution in [1.29, 1.82) is 0 Å². The lowest BCUT2D eigenvalue weighted by Crippen LogP contribution is -2.40. The summed E-state index contributed by atoms with van der Waals surface area (Å²) in [7, 11) is 1.69. The number of amides is 1. The number of nitrogens with one attached hydrogen (secondary N) is 1. The zero-order valence-electron chi connectivity index (χ0n) is 18.3. The Morgan fingerprint density at radius 1 is 1.12 bits per heavy atom. The maximum atomic E-state index is 12.9. The second kappa shape index (κ2) is 9.48. The van der Waals surface area contributed by atoms with Crippen LogP contribution in [0.4, 0.5) is 5.00 Å². The number of rotatable bonds is 6. The van der Waals surface area contributed by atoms with E-state index in [1.807, 2.05) is 12.1 Å². The SMILES string of the molecule is COc1ccc([C@H](c2c(NC(=O)c3ccco3)sc3c2CCCC3)N2CCOCC2)cc1. The Balaban J connectivity index is 1.60. The number of furan rings is 1. The first-order chi connectivity index (χ1) is 15.7.